The molecule has 2 N–H and O–H groups in total. The van der Waals surface area contributed by atoms with Gasteiger partial charge in [0, 0.05) is 35.5 Å². The van der Waals surface area contributed by atoms with Gasteiger partial charge in [0.2, 0.25) is 0 Å². The Bertz CT molecular complexity index is 1680. The molecule has 226 valence electrons. The molecule has 0 saturated carbocycles. The average Bonchev–Trinajstić information content (AvgIpc) is 3.59. The zero-order valence-electron chi connectivity index (χ0n) is 24.5. The number of halogens is 3. The largest absolute Gasteiger partial charge is 0.332 e. The molecule has 2 aromatic heterocycles. The standard InChI is InChI=1S/C30H33ClF2N8O2/c1-29(2,3)41-15-21(26(37-41)20-8-6-7-9-22(20)31)27(42)40-17-30(4,5)25(40)16-39-14-19(36-38-39)13-34-28(43)35-18-10-11-23(32)24(33)12-18/h6-12,14-15,25H,13,16-17H2,1-5H3,(H2,34,35,43). The fourth-order valence-corrected chi connectivity index (χ4v) is 5.24. The molecule has 1 unspecified atom stereocenters. The summed E-state index contributed by atoms with van der Waals surface area (Å²) in [6, 6.07) is 9.62. The maximum Gasteiger partial charge on any atom is 0.319 e. The lowest BCUT2D eigenvalue weighted by Crippen LogP contribution is -2.65. The first-order valence-corrected chi connectivity index (χ1v) is 14.2. The van der Waals surface area contributed by atoms with E-state index in [0.29, 0.717) is 40.6 Å². The molecule has 1 aliphatic rings. The predicted octanol–water partition coefficient (Wildman–Crippen LogP) is 5.70. The molecular formula is C30H33ClF2N8O2. The summed E-state index contributed by atoms with van der Waals surface area (Å²) >= 11 is 6.52. The molecule has 13 heteroatoms. The van der Waals surface area contributed by atoms with Crippen LogP contribution in [0.3, 0.4) is 0 Å². The number of nitrogens with one attached hydrogen (secondary N) is 2. The van der Waals surface area contributed by atoms with Gasteiger partial charge in [0.25, 0.3) is 5.91 Å². The molecule has 10 nitrogen and oxygen atoms in total. The Labute approximate surface area is 253 Å². The van der Waals surface area contributed by atoms with Gasteiger partial charge in [-0.1, -0.05) is 48.9 Å². The number of carbonyl (C=O) groups excluding carboxylic acids is 2. The Balaban J connectivity index is 1.29. The van der Waals surface area contributed by atoms with E-state index in [1.165, 1.54) is 6.07 Å². The smallest absolute Gasteiger partial charge is 0.319 e. The number of hydrogen-bond donors (Lipinski definition) is 2. The molecule has 2 aromatic carbocycles. The Kier molecular flexibility index (Phi) is 7.99. The van der Waals surface area contributed by atoms with Gasteiger partial charge in [-0.25, -0.2) is 13.6 Å². The van der Waals surface area contributed by atoms with Crippen molar-refractivity contribution in [2.75, 3.05) is 11.9 Å². The van der Waals surface area contributed by atoms with Crippen LogP contribution in [0, 0.1) is 17.0 Å². The molecular weight excluding hydrogens is 578 g/mol. The summed E-state index contributed by atoms with van der Waals surface area (Å²) in [7, 11) is 0. The number of urea groups is 1. The number of anilines is 1. The van der Waals surface area contributed by atoms with E-state index in [1.54, 1.807) is 27.8 Å². The first kappa shape index (κ1) is 30.1. The highest BCUT2D eigenvalue weighted by Crippen LogP contribution is 2.40. The summed E-state index contributed by atoms with van der Waals surface area (Å²) in [6.45, 7) is 11.2. The normalized spacial score (nSPS) is 16.1. The van der Waals surface area contributed by atoms with Crippen molar-refractivity contribution < 1.29 is 18.4 Å². The SMILES string of the molecule is CC1(C)CN(C(=O)c2cn(C(C)(C)C)nc2-c2ccccc2Cl)C1Cn1cc(CNC(=O)Nc2ccc(F)c(F)c2)nn1. The number of aromatic nitrogens is 5. The molecule has 1 atom stereocenters. The van der Waals surface area contributed by atoms with Crippen molar-refractivity contribution in [1.29, 1.82) is 0 Å². The van der Waals surface area contributed by atoms with Gasteiger partial charge in [-0.05, 0) is 39.0 Å². The van der Waals surface area contributed by atoms with E-state index in [4.69, 9.17) is 16.7 Å². The number of benzene rings is 2. The topological polar surface area (TPSA) is 110 Å². The molecule has 0 radical (unpaired) electrons. The molecule has 43 heavy (non-hydrogen) atoms. The number of carbonyl (C=O) groups is 2. The fourth-order valence-electron chi connectivity index (χ4n) is 5.01. The minimum Gasteiger partial charge on any atom is -0.332 e. The molecule has 0 spiro atoms. The van der Waals surface area contributed by atoms with Crippen LogP contribution in [0.15, 0.2) is 54.9 Å². The molecule has 5 rings (SSSR count). The number of likely N-dealkylation sites (tertiary alicyclic amines) is 1. The second-order valence-corrected chi connectivity index (χ2v) is 12.7. The lowest BCUT2D eigenvalue weighted by Gasteiger charge is -2.54. The summed E-state index contributed by atoms with van der Waals surface area (Å²) in [5.41, 5.74) is 1.76. The van der Waals surface area contributed by atoms with E-state index >= 15 is 0 Å². The zero-order chi connectivity index (χ0) is 31.1. The monoisotopic (exact) mass is 610 g/mol. The van der Waals surface area contributed by atoms with Crippen molar-refractivity contribution in [1.82, 2.24) is 35.0 Å². The minimum absolute atomic E-state index is 0.0550. The summed E-state index contributed by atoms with van der Waals surface area (Å²) < 4.78 is 30.0. The van der Waals surface area contributed by atoms with Crippen LogP contribution < -0.4 is 10.6 Å². The quantitative estimate of drug-likeness (QED) is 0.279. The Hall–Kier alpha value is -4.32. The summed E-state index contributed by atoms with van der Waals surface area (Å²) in [5, 5.41) is 18.7. The van der Waals surface area contributed by atoms with Crippen LogP contribution in [0.2, 0.25) is 5.02 Å². The first-order valence-electron chi connectivity index (χ1n) is 13.8. The summed E-state index contributed by atoms with van der Waals surface area (Å²) in [5.74, 6) is -2.21. The molecule has 1 fully saturated rings. The highest BCUT2D eigenvalue weighted by Gasteiger charge is 2.49. The van der Waals surface area contributed by atoms with Gasteiger partial charge in [-0.2, -0.15) is 5.10 Å². The Morgan fingerprint density at radius 2 is 1.84 bits per heavy atom. The van der Waals surface area contributed by atoms with Crippen LogP contribution in [-0.4, -0.2) is 54.2 Å². The van der Waals surface area contributed by atoms with Crippen molar-refractivity contribution in [3.05, 3.63) is 82.8 Å². The third-order valence-electron chi connectivity index (χ3n) is 7.43. The molecule has 4 aromatic rings. The van der Waals surface area contributed by atoms with Gasteiger partial charge >= 0.3 is 6.03 Å². The van der Waals surface area contributed by atoms with Crippen LogP contribution in [-0.2, 0) is 18.6 Å². The van der Waals surface area contributed by atoms with Crippen molar-refractivity contribution >= 4 is 29.2 Å². The summed E-state index contributed by atoms with van der Waals surface area (Å²) in [4.78, 5) is 28.1. The van der Waals surface area contributed by atoms with Crippen LogP contribution in [0.1, 0.15) is 50.7 Å². The van der Waals surface area contributed by atoms with E-state index in [2.05, 4.69) is 34.8 Å². The van der Waals surface area contributed by atoms with Gasteiger partial charge in [-0.3, -0.25) is 14.2 Å². The van der Waals surface area contributed by atoms with Crippen molar-refractivity contribution in [2.24, 2.45) is 5.41 Å². The zero-order valence-corrected chi connectivity index (χ0v) is 25.3. The van der Waals surface area contributed by atoms with Gasteiger partial charge in [0.1, 0.15) is 11.4 Å². The third kappa shape index (κ3) is 6.38. The lowest BCUT2D eigenvalue weighted by molar-refractivity contribution is -0.0395. The van der Waals surface area contributed by atoms with Crippen molar-refractivity contribution in [3.8, 4) is 11.3 Å². The number of amides is 3. The maximum absolute atomic E-state index is 14.0. The maximum atomic E-state index is 14.0. The second kappa shape index (κ2) is 11.4. The van der Waals surface area contributed by atoms with E-state index in [0.717, 1.165) is 12.1 Å². The number of rotatable bonds is 7. The molecule has 1 aliphatic heterocycles. The predicted molar refractivity (Wildman–Crippen MR) is 159 cm³/mol. The second-order valence-electron chi connectivity index (χ2n) is 12.3. The van der Waals surface area contributed by atoms with Crippen LogP contribution in [0.4, 0.5) is 19.3 Å². The fraction of sp³-hybridized carbons (Fsp3) is 0.367. The Morgan fingerprint density at radius 1 is 1.09 bits per heavy atom. The first-order chi connectivity index (χ1) is 20.2. The van der Waals surface area contributed by atoms with Crippen LogP contribution >= 0.6 is 11.6 Å². The molecule has 3 amide bonds. The number of nitrogens with zero attached hydrogens (tertiary/aromatic N) is 6. The van der Waals surface area contributed by atoms with Gasteiger partial charge in [0.15, 0.2) is 11.6 Å². The minimum atomic E-state index is -1.06. The van der Waals surface area contributed by atoms with Crippen molar-refractivity contribution in [3.63, 3.8) is 0 Å². The van der Waals surface area contributed by atoms with Crippen LogP contribution in [0.25, 0.3) is 11.3 Å². The average molecular weight is 611 g/mol. The highest BCUT2D eigenvalue weighted by atomic mass is 35.5. The van der Waals surface area contributed by atoms with Crippen LogP contribution in [0.5, 0.6) is 0 Å². The molecule has 0 bridgehead atoms. The summed E-state index contributed by atoms with van der Waals surface area (Å²) in [6.07, 6.45) is 3.48. The number of hydrogen-bond acceptors (Lipinski definition) is 5. The van der Waals surface area contributed by atoms with E-state index < -0.39 is 17.7 Å². The molecule has 3 heterocycles. The van der Waals surface area contributed by atoms with E-state index in [-0.39, 0.29) is 35.1 Å². The molecule has 0 aliphatic carbocycles. The highest BCUT2D eigenvalue weighted by molar-refractivity contribution is 6.33. The molecule has 1 saturated heterocycles. The Morgan fingerprint density at radius 3 is 2.51 bits per heavy atom. The van der Waals surface area contributed by atoms with Gasteiger partial charge in [-0.15, -0.1) is 5.10 Å². The third-order valence-corrected chi connectivity index (χ3v) is 7.76. The van der Waals surface area contributed by atoms with E-state index in [9.17, 15) is 18.4 Å². The van der Waals surface area contributed by atoms with Gasteiger partial charge in [0.05, 0.1) is 41.5 Å². The lowest BCUT2D eigenvalue weighted by atomic mass is 9.74. The van der Waals surface area contributed by atoms with Gasteiger partial charge < -0.3 is 15.5 Å². The van der Waals surface area contributed by atoms with E-state index in [1.807, 2.05) is 43.9 Å². The van der Waals surface area contributed by atoms with Crippen molar-refractivity contribution in [2.45, 2.75) is 59.3 Å².